The molecule has 0 bridgehead atoms. The van der Waals surface area contributed by atoms with Crippen LogP contribution in [0.3, 0.4) is 0 Å². The molecule has 1 aliphatic carbocycles. The number of nitrogens with zero attached hydrogens (tertiary/aromatic N) is 1. The number of halogens is 1. The summed E-state index contributed by atoms with van der Waals surface area (Å²) in [7, 11) is 1.53. The Morgan fingerprint density at radius 3 is 3.05 bits per heavy atom. The number of rotatable bonds is 3. The molecule has 6 heteroatoms. The Labute approximate surface area is 125 Å². The Balaban J connectivity index is 1.83. The molecule has 1 aromatic carbocycles. The monoisotopic (exact) mass is 308 g/mol. The summed E-state index contributed by atoms with van der Waals surface area (Å²) < 4.78 is 5.18. The number of carbonyl (C=O) groups is 1. The van der Waals surface area contributed by atoms with Gasteiger partial charge in [-0.1, -0.05) is 11.6 Å². The second-order valence-corrected chi connectivity index (χ2v) is 6.06. The van der Waals surface area contributed by atoms with Gasteiger partial charge in [-0.25, -0.2) is 4.98 Å². The summed E-state index contributed by atoms with van der Waals surface area (Å²) in [6, 6.07) is 4.96. The van der Waals surface area contributed by atoms with Gasteiger partial charge in [-0.3, -0.25) is 10.1 Å². The van der Waals surface area contributed by atoms with Gasteiger partial charge in [0.05, 0.1) is 18.4 Å². The molecule has 0 radical (unpaired) electrons. The molecule has 4 nitrogen and oxygen atoms in total. The van der Waals surface area contributed by atoms with Crippen LogP contribution in [-0.2, 0) is 12.8 Å². The van der Waals surface area contributed by atoms with Crippen molar-refractivity contribution < 1.29 is 9.53 Å². The first-order valence-electron chi connectivity index (χ1n) is 6.31. The van der Waals surface area contributed by atoms with Gasteiger partial charge in [-0.15, -0.1) is 11.3 Å². The standard InChI is InChI=1S/C14H13ClN2O2S/c1-19-11-6-5-8(15)7-9(11)13(18)17-14-16-10-3-2-4-12(10)20-14/h5-7H,2-4H2,1H3,(H,16,17,18). The van der Waals surface area contributed by atoms with Gasteiger partial charge in [0.1, 0.15) is 5.75 Å². The van der Waals surface area contributed by atoms with Crippen LogP contribution in [0.2, 0.25) is 5.02 Å². The molecule has 0 fully saturated rings. The number of aromatic nitrogens is 1. The third-order valence-electron chi connectivity index (χ3n) is 3.22. The molecule has 20 heavy (non-hydrogen) atoms. The normalized spacial score (nSPS) is 13.1. The van der Waals surface area contributed by atoms with Crippen molar-refractivity contribution in [2.75, 3.05) is 12.4 Å². The molecule has 1 heterocycles. The van der Waals surface area contributed by atoms with E-state index in [9.17, 15) is 4.79 Å². The molecular formula is C14H13ClN2O2S. The quantitative estimate of drug-likeness (QED) is 0.943. The van der Waals surface area contributed by atoms with Crippen LogP contribution in [0.1, 0.15) is 27.3 Å². The average Bonchev–Trinajstić information content (AvgIpc) is 2.99. The van der Waals surface area contributed by atoms with E-state index in [0.717, 1.165) is 25.0 Å². The number of aryl methyl sites for hydroxylation is 2. The van der Waals surface area contributed by atoms with Crippen molar-refractivity contribution >= 4 is 34.0 Å². The van der Waals surface area contributed by atoms with E-state index in [1.54, 1.807) is 29.5 Å². The topological polar surface area (TPSA) is 51.2 Å². The van der Waals surface area contributed by atoms with E-state index in [0.29, 0.717) is 21.5 Å². The number of amides is 1. The molecule has 1 N–H and O–H groups in total. The van der Waals surface area contributed by atoms with E-state index in [4.69, 9.17) is 16.3 Å². The van der Waals surface area contributed by atoms with Crippen molar-refractivity contribution in [2.45, 2.75) is 19.3 Å². The molecule has 1 aliphatic rings. The van der Waals surface area contributed by atoms with Crippen molar-refractivity contribution in [1.82, 2.24) is 4.98 Å². The van der Waals surface area contributed by atoms with E-state index in [2.05, 4.69) is 10.3 Å². The van der Waals surface area contributed by atoms with Crippen LogP contribution in [0, 0.1) is 0 Å². The summed E-state index contributed by atoms with van der Waals surface area (Å²) >= 11 is 7.48. The summed E-state index contributed by atoms with van der Waals surface area (Å²) in [5, 5.41) is 3.96. The number of carbonyl (C=O) groups excluding carboxylic acids is 1. The fraction of sp³-hybridized carbons (Fsp3) is 0.286. The molecule has 0 atom stereocenters. The van der Waals surface area contributed by atoms with E-state index in [-0.39, 0.29) is 5.91 Å². The fourth-order valence-electron chi connectivity index (χ4n) is 2.27. The van der Waals surface area contributed by atoms with Gasteiger partial charge in [-0.05, 0) is 37.5 Å². The number of fused-ring (bicyclic) bond motifs is 1. The second kappa shape index (κ2) is 5.42. The highest BCUT2D eigenvalue weighted by Crippen LogP contribution is 2.31. The fourth-order valence-corrected chi connectivity index (χ4v) is 3.48. The molecule has 2 aromatic rings. The number of ether oxygens (including phenoxy) is 1. The largest absolute Gasteiger partial charge is 0.496 e. The summed E-state index contributed by atoms with van der Waals surface area (Å²) in [6.07, 6.45) is 3.22. The number of benzene rings is 1. The van der Waals surface area contributed by atoms with Gasteiger partial charge >= 0.3 is 0 Å². The number of nitrogens with one attached hydrogen (secondary N) is 1. The maximum atomic E-state index is 12.3. The van der Waals surface area contributed by atoms with Gasteiger partial charge < -0.3 is 4.74 Å². The minimum absolute atomic E-state index is 0.253. The average molecular weight is 309 g/mol. The third-order valence-corrected chi connectivity index (χ3v) is 4.53. The van der Waals surface area contributed by atoms with Crippen molar-refractivity contribution in [3.8, 4) is 5.75 Å². The molecule has 1 amide bonds. The van der Waals surface area contributed by atoms with Crippen LogP contribution in [0.25, 0.3) is 0 Å². The highest BCUT2D eigenvalue weighted by Gasteiger charge is 2.19. The zero-order valence-corrected chi connectivity index (χ0v) is 12.5. The molecular weight excluding hydrogens is 296 g/mol. The highest BCUT2D eigenvalue weighted by atomic mass is 35.5. The first-order chi connectivity index (χ1) is 9.67. The zero-order chi connectivity index (χ0) is 14.1. The maximum absolute atomic E-state index is 12.3. The van der Waals surface area contributed by atoms with Crippen LogP contribution in [-0.4, -0.2) is 18.0 Å². The molecule has 0 aliphatic heterocycles. The Bertz CT molecular complexity index is 648. The van der Waals surface area contributed by atoms with Gasteiger partial charge in [0.15, 0.2) is 5.13 Å². The molecule has 0 spiro atoms. The number of thiazole rings is 1. The smallest absolute Gasteiger partial charge is 0.261 e. The van der Waals surface area contributed by atoms with Crippen LogP contribution >= 0.6 is 22.9 Å². The van der Waals surface area contributed by atoms with Gasteiger partial charge in [0.25, 0.3) is 5.91 Å². The van der Waals surface area contributed by atoms with Crippen LogP contribution in [0.5, 0.6) is 5.75 Å². The molecule has 1 aromatic heterocycles. The van der Waals surface area contributed by atoms with Gasteiger partial charge in [0, 0.05) is 9.90 Å². The maximum Gasteiger partial charge on any atom is 0.261 e. The molecule has 0 unspecified atom stereocenters. The highest BCUT2D eigenvalue weighted by molar-refractivity contribution is 7.16. The molecule has 0 saturated carbocycles. The SMILES string of the molecule is COc1ccc(Cl)cc1C(=O)Nc1nc2c(s1)CCC2. The lowest BCUT2D eigenvalue weighted by Gasteiger charge is -2.08. The number of hydrogen-bond acceptors (Lipinski definition) is 4. The Morgan fingerprint density at radius 1 is 1.45 bits per heavy atom. The van der Waals surface area contributed by atoms with Crippen LogP contribution < -0.4 is 10.1 Å². The lowest BCUT2D eigenvalue weighted by atomic mass is 10.2. The van der Waals surface area contributed by atoms with Crippen molar-refractivity contribution in [2.24, 2.45) is 0 Å². The number of anilines is 1. The first-order valence-corrected chi connectivity index (χ1v) is 7.50. The first kappa shape index (κ1) is 13.4. The lowest BCUT2D eigenvalue weighted by molar-refractivity contribution is 0.102. The number of hydrogen-bond donors (Lipinski definition) is 1. The second-order valence-electron chi connectivity index (χ2n) is 4.54. The Hall–Kier alpha value is -1.59. The van der Waals surface area contributed by atoms with Crippen LogP contribution in [0.4, 0.5) is 5.13 Å². The van der Waals surface area contributed by atoms with E-state index < -0.39 is 0 Å². The van der Waals surface area contributed by atoms with E-state index >= 15 is 0 Å². The summed E-state index contributed by atoms with van der Waals surface area (Å²) in [4.78, 5) is 18.0. The molecule has 104 valence electrons. The van der Waals surface area contributed by atoms with Gasteiger partial charge in [0.2, 0.25) is 0 Å². The Morgan fingerprint density at radius 2 is 2.30 bits per heavy atom. The minimum atomic E-state index is -0.253. The van der Waals surface area contributed by atoms with Crippen molar-refractivity contribution in [3.05, 3.63) is 39.4 Å². The molecule has 0 saturated heterocycles. The predicted molar refractivity (Wildman–Crippen MR) is 80.1 cm³/mol. The van der Waals surface area contributed by atoms with Crippen LogP contribution in [0.15, 0.2) is 18.2 Å². The third kappa shape index (κ3) is 2.51. The van der Waals surface area contributed by atoms with Gasteiger partial charge in [-0.2, -0.15) is 0 Å². The minimum Gasteiger partial charge on any atom is -0.496 e. The van der Waals surface area contributed by atoms with Crippen molar-refractivity contribution in [1.29, 1.82) is 0 Å². The summed E-state index contributed by atoms with van der Waals surface area (Å²) in [6.45, 7) is 0. The lowest BCUT2D eigenvalue weighted by Crippen LogP contribution is -2.13. The Kier molecular flexibility index (Phi) is 3.63. The van der Waals surface area contributed by atoms with E-state index in [1.807, 2.05) is 0 Å². The summed E-state index contributed by atoms with van der Waals surface area (Å²) in [5.74, 6) is 0.243. The predicted octanol–water partition coefficient (Wildman–Crippen LogP) is 3.55. The number of methoxy groups -OCH3 is 1. The van der Waals surface area contributed by atoms with E-state index in [1.165, 1.54) is 12.0 Å². The zero-order valence-electron chi connectivity index (χ0n) is 10.9. The molecule has 3 rings (SSSR count). The van der Waals surface area contributed by atoms with Crippen molar-refractivity contribution in [3.63, 3.8) is 0 Å². The summed E-state index contributed by atoms with van der Waals surface area (Å²) in [5.41, 5.74) is 1.53.